The Morgan fingerprint density at radius 1 is 0.727 bits per heavy atom. The van der Waals surface area contributed by atoms with E-state index in [1.54, 1.807) is 0 Å². The average Bonchev–Trinajstić information content (AvgIpc) is 3.07. The maximum absolute atomic E-state index is 2.54. The van der Waals surface area contributed by atoms with Gasteiger partial charge in [-0.05, 0) is 91.1 Å². The van der Waals surface area contributed by atoms with E-state index in [9.17, 15) is 0 Å². The smallest absolute Gasteiger partial charge is 0.200 e. The monoisotopic (exact) mass is 578 g/mol. The first kappa shape index (κ1) is 29.8. The number of unbranched alkanes of at least 4 members (excludes halogenated alkanes) is 1. The van der Waals surface area contributed by atoms with Gasteiger partial charge in [-0.1, -0.05) is 87.9 Å². The molecule has 6 rings (SSSR count). The fourth-order valence-electron chi connectivity index (χ4n) is 7.37. The number of allylic oxidation sites excluding steroid dienone is 2. The van der Waals surface area contributed by atoms with E-state index in [4.69, 9.17) is 0 Å². The summed E-state index contributed by atoms with van der Waals surface area (Å²) in [6, 6.07) is 35.9. The molecule has 0 N–H and O–H groups in total. The Morgan fingerprint density at radius 2 is 1.48 bits per heavy atom. The van der Waals surface area contributed by atoms with Crippen LogP contribution < -0.4 is 9.13 Å². The molecule has 0 saturated heterocycles. The van der Waals surface area contributed by atoms with Crippen LogP contribution in [-0.4, -0.2) is 0 Å². The summed E-state index contributed by atoms with van der Waals surface area (Å²) >= 11 is 0. The fourth-order valence-corrected chi connectivity index (χ4v) is 7.37. The Balaban J connectivity index is 1.45. The summed E-state index contributed by atoms with van der Waals surface area (Å²) in [7, 11) is 2.18. The number of aryl methyl sites for hydroxylation is 3. The molecule has 0 atom stereocenters. The second-order valence-electron chi connectivity index (χ2n) is 12.4. The minimum absolute atomic E-state index is 0.0376. The number of fused-ring (bicyclic) bond motifs is 3. The summed E-state index contributed by atoms with van der Waals surface area (Å²) in [5.74, 6) is 0. The van der Waals surface area contributed by atoms with E-state index >= 15 is 0 Å². The molecule has 0 radical (unpaired) electrons. The first-order valence-electron chi connectivity index (χ1n) is 16.5. The van der Waals surface area contributed by atoms with E-state index < -0.39 is 0 Å². The van der Waals surface area contributed by atoms with Crippen LogP contribution in [0.4, 0.5) is 0 Å². The summed E-state index contributed by atoms with van der Waals surface area (Å²) in [5, 5.41) is 0. The van der Waals surface area contributed by atoms with E-state index in [0.29, 0.717) is 0 Å². The van der Waals surface area contributed by atoms with Crippen molar-refractivity contribution >= 4 is 5.70 Å². The summed E-state index contributed by atoms with van der Waals surface area (Å²) in [4.78, 5) is 0. The van der Waals surface area contributed by atoms with Crippen molar-refractivity contribution in [2.24, 2.45) is 7.05 Å². The molecular weight excluding hydrogens is 532 g/mol. The Hall–Kier alpha value is -4.30. The molecule has 0 aliphatic carbocycles. The minimum Gasteiger partial charge on any atom is -0.200 e. The molecule has 3 heterocycles. The largest absolute Gasteiger partial charge is 0.218 e. The highest BCUT2D eigenvalue weighted by Gasteiger charge is 2.46. The lowest BCUT2D eigenvalue weighted by atomic mass is 9.68. The average molecular weight is 579 g/mol. The molecule has 0 spiro atoms. The molecule has 5 aromatic rings. The predicted octanol–water partition coefficient (Wildman–Crippen LogP) is 9.61. The molecule has 44 heavy (non-hydrogen) atoms. The van der Waals surface area contributed by atoms with Gasteiger partial charge >= 0.3 is 0 Å². The molecule has 1 aliphatic heterocycles. The van der Waals surface area contributed by atoms with Gasteiger partial charge in [0.25, 0.3) is 0 Å². The van der Waals surface area contributed by atoms with Crippen molar-refractivity contribution in [2.45, 2.75) is 71.6 Å². The van der Waals surface area contributed by atoms with Gasteiger partial charge in [-0.3, -0.25) is 0 Å². The van der Waals surface area contributed by atoms with Crippen molar-refractivity contribution in [1.29, 1.82) is 0 Å². The third kappa shape index (κ3) is 5.32. The van der Waals surface area contributed by atoms with Crippen molar-refractivity contribution in [3.63, 3.8) is 0 Å². The number of hydrogen-bond donors (Lipinski definition) is 0. The predicted molar refractivity (Wildman–Crippen MR) is 184 cm³/mol. The molecule has 1 aliphatic rings. The van der Waals surface area contributed by atoms with E-state index in [1.807, 2.05) is 0 Å². The third-order valence-electron chi connectivity index (χ3n) is 9.89. The van der Waals surface area contributed by atoms with Crippen LogP contribution in [0.15, 0.2) is 116 Å². The van der Waals surface area contributed by atoms with Crippen LogP contribution in [0.1, 0.15) is 68.7 Å². The standard InChI is InChI=1S/C42H46N2/c1-6-9-17-32-23-25-36-38(29-32)42(7-2,8-3)41(44-27-16-15-22-39(36)44)26-24-34-20-13-14-21-35(34)40-28-31(4)37(30-43(40)5)33-18-11-10-12-19-33/h10-16,18-23,25-30H,6-9,17,24H2,1-5H3/q+2/b41-26+. The summed E-state index contributed by atoms with van der Waals surface area (Å²) in [6.45, 7) is 9.26. The topological polar surface area (TPSA) is 7.76 Å². The number of aromatic nitrogens is 2. The second-order valence-corrected chi connectivity index (χ2v) is 12.4. The first-order chi connectivity index (χ1) is 21.5. The lowest BCUT2D eigenvalue weighted by Gasteiger charge is -2.36. The molecule has 2 aromatic heterocycles. The normalized spacial score (nSPS) is 14.3. The summed E-state index contributed by atoms with van der Waals surface area (Å²) in [6.07, 6.45) is 13.7. The van der Waals surface area contributed by atoms with E-state index in [2.05, 4.69) is 159 Å². The number of pyridine rings is 2. The van der Waals surface area contributed by atoms with Crippen LogP contribution in [-0.2, 0) is 25.3 Å². The van der Waals surface area contributed by atoms with E-state index in [0.717, 1.165) is 25.7 Å². The zero-order chi connectivity index (χ0) is 30.7. The van der Waals surface area contributed by atoms with Crippen LogP contribution in [0.3, 0.4) is 0 Å². The van der Waals surface area contributed by atoms with Gasteiger partial charge in [0, 0.05) is 29.3 Å². The van der Waals surface area contributed by atoms with Crippen LogP contribution >= 0.6 is 0 Å². The highest BCUT2D eigenvalue weighted by atomic mass is 15.0. The Morgan fingerprint density at radius 3 is 2.25 bits per heavy atom. The Kier molecular flexibility index (Phi) is 8.62. The van der Waals surface area contributed by atoms with Gasteiger partial charge in [-0.25, -0.2) is 4.57 Å². The van der Waals surface area contributed by atoms with Crippen molar-refractivity contribution in [3.8, 4) is 33.6 Å². The molecule has 222 valence electrons. The number of hydrogen-bond acceptors (Lipinski definition) is 0. The molecule has 0 fully saturated rings. The van der Waals surface area contributed by atoms with Gasteiger partial charge in [0.05, 0.1) is 11.0 Å². The molecular formula is C42H46N2+2. The number of nitrogens with zero attached hydrogens (tertiary/aromatic N) is 2. The zero-order valence-corrected chi connectivity index (χ0v) is 27.1. The van der Waals surface area contributed by atoms with Gasteiger partial charge in [0.1, 0.15) is 7.05 Å². The SMILES string of the molecule is CCCCc1ccc2c(c1)C(CC)(CC)/C(=C\Cc1ccccc1-c1cc(C)c(-c3ccccc3)c[n+]1C)[n+]1ccccc1-2. The van der Waals surface area contributed by atoms with Crippen molar-refractivity contribution in [3.05, 3.63) is 138 Å². The highest BCUT2D eigenvalue weighted by Crippen LogP contribution is 2.47. The van der Waals surface area contributed by atoms with Gasteiger partial charge in [-0.15, -0.1) is 0 Å². The quantitative estimate of drug-likeness (QED) is 0.154. The fraction of sp³-hybridized carbons (Fsp3) is 0.286. The van der Waals surface area contributed by atoms with E-state index in [1.165, 1.54) is 74.4 Å². The van der Waals surface area contributed by atoms with Crippen molar-refractivity contribution in [1.82, 2.24) is 0 Å². The molecule has 0 saturated carbocycles. The van der Waals surface area contributed by atoms with Gasteiger partial charge in [0.2, 0.25) is 11.4 Å². The number of benzene rings is 3. The van der Waals surface area contributed by atoms with Crippen molar-refractivity contribution < 1.29 is 9.13 Å². The Bertz CT molecular complexity index is 1810. The first-order valence-corrected chi connectivity index (χ1v) is 16.5. The summed E-state index contributed by atoms with van der Waals surface area (Å²) in [5.41, 5.74) is 14.7. The van der Waals surface area contributed by atoms with Gasteiger partial charge < -0.3 is 0 Å². The molecule has 2 nitrogen and oxygen atoms in total. The zero-order valence-electron chi connectivity index (χ0n) is 27.1. The van der Waals surface area contributed by atoms with Crippen LogP contribution in [0.25, 0.3) is 39.3 Å². The lowest BCUT2D eigenvalue weighted by molar-refractivity contribution is -0.660. The number of rotatable bonds is 9. The molecule has 0 unspecified atom stereocenters. The maximum atomic E-state index is 2.54. The van der Waals surface area contributed by atoms with Crippen molar-refractivity contribution in [2.75, 3.05) is 0 Å². The lowest BCUT2D eigenvalue weighted by Crippen LogP contribution is -2.49. The molecule has 3 aromatic carbocycles. The van der Waals surface area contributed by atoms with E-state index in [-0.39, 0.29) is 5.41 Å². The van der Waals surface area contributed by atoms with Crippen LogP contribution in [0, 0.1) is 6.92 Å². The summed E-state index contributed by atoms with van der Waals surface area (Å²) < 4.78 is 4.77. The Labute approximate surface area is 264 Å². The van der Waals surface area contributed by atoms with Gasteiger partial charge in [0.15, 0.2) is 18.1 Å². The maximum Gasteiger partial charge on any atom is 0.218 e. The highest BCUT2D eigenvalue weighted by molar-refractivity contribution is 5.75. The van der Waals surface area contributed by atoms with Crippen LogP contribution in [0.5, 0.6) is 0 Å². The third-order valence-corrected chi connectivity index (χ3v) is 9.89. The van der Waals surface area contributed by atoms with Crippen LogP contribution in [0.2, 0.25) is 0 Å². The molecule has 2 heteroatoms. The van der Waals surface area contributed by atoms with Gasteiger partial charge in [-0.2, -0.15) is 4.57 Å². The minimum atomic E-state index is -0.0376. The molecule has 0 amide bonds. The molecule has 0 bridgehead atoms. The second kappa shape index (κ2) is 12.7.